The van der Waals surface area contributed by atoms with Gasteiger partial charge < -0.3 is 0 Å². The van der Waals surface area contributed by atoms with Crippen LogP contribution in [0.25, 0.3) is 0 Å². The number of Topliss-reactive ketones (excluding diaryl/α,β-unsaturated/α-hetero) is 1. The predicted molar refractivity (Wildman–Crippen MR) is 16.6 cm³/mol. The zero-order valence-corrected chi connectivity index (χ0v) is 3.01. The Labute approximate surface area is 34.6 Å². The highest BCUT2D eigenvalue weighted by Gasteiger charge is 1.90. The summed E-state index contributed by atoms with van der Waals surface area (Å²) in [6, 6.07) is 0. The Morgan fingerprint density at radius 1 is 1.67 bits per heavy atom. The van der Waals surface area contributed by atoms with E-state index in [9.17, 15) is 14.7 Å². The lowest BCUT2D eigenvalue weighted by Crippen LogP contribution is -2.01. The maximum absolute atomic E-state index is 9.50. The Balaban J connectivity index is 3.23. The molecule has 6 heavy (non-hydrogen) atoms. The van der Waals surface area contributed by atoms with E-state index in [1.54, 1.807) is 0 Å². The van der Waals surface area contributed by atoms with Gasteiger partial charge in [-0.05, 0) is 0 Å². The summed E-state index contributed by atoms with van der Waals surface area (Å²) in [7, 11) is 0. The SMILES string of the molecule is [O]CC(=O)C=O. The van der Waals surface area contributed by atoms with Crippen LogP contribution in [0.1, 0.15) is 0 Å². The predicted octanol–water partition coefficient (Wildman–Crippen LogP) is -0.815. The maximum atomic E-state index is 9.50. The summed E-state index contributed by atoms with van der Waals surface area (Å²) in [4.78, 5) is 18.7. The van der Waals surface area contributed by atoms with Gasteiger partial charge in [-0.2, -0.15) is 0 Å². The Bertz CT molecular complexity index is 66.4. The van der Waals surface area contributed by atoms with Crippen LogP contribution < -0.4 is 0 Å². The van der Waals surface area contributed by atoms with Crippen LogP contribution >= 0.6 is 0 Å². The zero-order valence-electron chi connectivity index (χ0n) is 3.01. The van der Waals surface area contributed by atoms with Crippen LogP contribution in [0.4, 0.5) is 0 Å². The van der Waals surface area contributed by atoms with Gasteiger partial charge in [-0.3, -0.25) is 9.59 Å². The van der Waals surface area contributed by atoms with Gasteiger partial charge in [0.05, 0.1) is 0 Å². The molecule has 0 amide bonds. The monoisotopic (exact) mass is 87.0 g/mol. The summed E-state index contributed by atoms with van der Waals surface area (Å²) >= 11 is 0. The van der Waals surface area contributed by atoms with E-state index in [1.165, 1.54) is 0 Å². The van der Waals surface area contributed by atoms with Crippen molar-refractivity contribution in [2.24, 2.45) is 0 Å². The third-order valence-electron chi connectivity index (χ3n) is 0.274. The summed E-state index contributed by atoms with van der Waals surface area (Å²) in [6.45, 7) is -0.927. The highest BCUT2D eigenvalue weighted by Crippen LogP contribution is 1.55. The Morgan fingerprint density at radius 2 is 2.17 bits per heavy atom. The second-order valence-electron chi connectivity index (χ2n) is 0.729. The molecule has 0 N–H and O–H groups in total. The molecule has 0 unspecified atom stereocenters. The molecule has 0 spiro atoms. The first kappa shape index (κ1) is 5.30. The maximum Gasteiger partial charge on any atom is 0.224 e. The fraction of sp³-hybridized carbons (Fsp3) is 0.333. The minimum absolute atomic E-state index is 0.0208. The van der Waals surface area contributed by atoms with Crippen molar-refractivity contribution < 1.29 is 14.7 Å². The first-order valence-electron chi connectivity index (χ1n) is 1.37. The summed E-state index contributed by atoms with van der Waals surface area (Å²) in [5.41, 5.74) is 0. The van der Waals surface area contributed by atoms with Crippen molar-refractivity contribution in [2.45, 2.75) is 0 Å². The minimum Gasteiger partial charge on any atom is -0.295 e. The summed E-state index contributed by atoms with van der Waals surface area (Å²) < 4.78 is 0. The Kier molecular flexibility index (Phi) is 2.24. The standard InChI is InChI=1S/C3H3O3/c4-1-3(6)2-5/h1H,2H2. The largest absolute Gasteiger partial charge is 0.295 e. The van der Waals surface area contributed by atoms with Crippen LogP contribution in [-0.4, -0.2) is 18.7 Å². The smallest absolute Gasteiger partial charge is 0.224 e. The van der Waals surface area contributed by atoms with Gasteiger partial charge in [0.15, 0.2) is 6.29 Å². The molecule has 0 fully saturated rings. The molecule has 0 bridgehead atoms. The first-order valence-corrected chi connectivity index (χ1v) is 1.37. The third kappa shape index (κ3) is 1.60. The van der Waals surface area contributed by atoms with Gasteiger partial charge in [0.2, 0.25) is 5.78 Å². The number of hydrogen-bond acceptors (Lipinski definition) is 2. The molecule has 0 rings (SSSR count). The molecule has 0 aliphatic heterocycles. The second kappa shape index (κ2) is 2.53. The van der Waals surface area contributed by atoms with Crippen molar-refractivity contribution in [3.05, 3.63) is 0 Å². The van der Waals surface area contributed by atoms with Gasteiger partial charge in [0, 0.05) is 0 Å². The zero-order chi connectivity index (χ0) is 4.99. The van der Waals surface area contributed by atoms with Crippen LogP contribution in [0, 0.1) is 0 Å². The molecule has 0 aromatic carbocycles. The van der Waals surface area contributed by atoms with E-state index >= 15 is 0 Å². The molecule has 1 radical (unpaired) electrons. The summed E-state index contributed by atoms with van der Waals surface area (Å²) in [6.07, 6.45) is 0.0208. The van der Waals surface area contributed by atoms with Gasteiger partial charge in [-0.1, -0.05) is 0 Å². The Hall–Kier alpha value is -0.700. The highest BCUT2D eigenvalue weighted by atomic mass is 16.3. The number of rotatable bonds is 2. The lowest BCUT2D eigenvalue weighted by Gasteiger charge is -1.68. The Morgan fingerprint density at radius 3 is 2.17 bits per heavy atom. The molecule has 0 atom stereocenters. The topological polar surface area (TPSA) is 54.0 Å². The molecule has 0 saturated carbocycles. The van der Waals surface area contributed by atoms with Crippen LogP contribution in [0.2, 0.25) is 0 Å². The van der Waals surface area contributed by atoms with Crippen molar-refractivity contribution in [3.8, 4) is 0 Å². The lowest BCUT2D eigenvalue weighted by atomic mass is 10.5. The molecule has 3 heteroatoms. The number of carbonyl (C=O) groups excluding carboxylic acids is 2. The average Bonchev–Trinajstić information content (AvgIpc) is 1.65. The van der Waals surface area contributed by atoms with Gasteiger partial charge in [-0.25, -0.2) is 5.11 Å². The van der Waals surface area contributed by atoms with Crippen molar-refractivity contribution in [1.29, 1.82) is 0 Å². The molecule has 33 valence electrons. The molecule has 0 saturated heterocycles. The molecule has 0 aliphatic carbocycles. The second-order valence-corrected chi connectivity index (χ2v) is 0.729. The normalized spacial score (nSPS) is 7.50. The number of hydrogen-bond donors (Lipinski definition) is 0. The molecule has 0 aromatic rings. The van der Waals surface area contributed by atoms with Gasteiger partial charge in [0.1, 0.15) is 6.61 Å². The quantitative estimate of drug-likeness (QED) is 0.326. The van der Waals surface area contributed by atoms with Crippen LogP contribution in [0.3, 0.4) is 0 Å². The lowest BCUT2D eigenvalue weighted by molar-refractivity contribution is -0.132. The van der Waals surface area contributed by atoms with Crippen molar-refractivity contribution in [3.63, 3.8) is 0 Å². The fourth-order valence-corrected chi connectivity index (χ4v) is 0.0340. The van der Waals surface area contributed by atoms with Crippen molar-refractivity contribution in [2.75, 3.05) is 6.61 Å². The molecular weight excluding hydrogens is 84.0 g/mol. The fourth-order valence-electron chi connectivity index (χ4n) is 0.0340. The third-order valence-corrected chi connectivity index (χ3v) is 0.274. The average molecular weight is 87.1 g/mol. The molecule has 3 nitrogen and oxygen atoms in total. The van der Waals surface area contributed by atoms with E-state index in [4.69, 9.17) is 0 Å². The van der Waals surface area contributed by atoms with E-state index in [0.717, 1.165) is 0 Å². The van der Waals surface area contributed by atoms with Crippen molar-refractivity contribution in [1.82, 2.24) is 0 Å². The molecular formula is C3H3O3. The van der Waals surface area contributed by atoms with Gasteiger partial charge >= 0.3 is 0 Å². The van der Waals surface area contributed by atoms with Crippen LogP contribution in [-0.2, 0) is 14.7 Å². The van der Waals surface area contributed by atoms with E-state index < -0.39 is 12.4 Å². The number of ketones is 1. The summed E-state index contributed by atoms with van der Waals surface area (Å²) in [5.74, 6) is -0.894. The van der Waals surface area contributed by atoms with E-state index in [0.29, 0.717) is 0 Å². The molecule has 0 aliphatic rings. The van der Waals surface area contributed by atoms with Gasteiger partial charge in [0.25, 0.3) is 0 Å². The number of aldehydes is 1. The first-order chi connectivity index (χ1) is 2.81. The van der Waals surface area contributed by atoms with E-state index in [2.05, 4.69) is 0 Å². The summed E-state index contributed by atoms with van der Waals surface area (Å²) in [5, 5.41) is 9.28. The molecule has 0 heterocycles. The van der Waals surface area contributed by atoms with Crippen LogP contribution in [0.15, 0.2) is 0 Å². The van der Waals surface area contributed by atoms with Crippen LogP contribution in [0.5, 0.6) is 0 Å². The van der Waals surface area contributed by atoms with Crippen molar-refractivity contribution >= 4 is 12.1 Å². The number of carbonyl (C=O) groups is 2. The van der Waals surface area contributed by atoms with E-state index in [1.807, 2.05) is 0 Å². The van der Waals surface area contributed by atoms with E-state index in [-0.39, 0.29) is 6.29 Å². The highest BCUT2D eigenvalue weighted by molar-refractivity contribution is 6.25. The minimum atomic E-state index is -0.927. The molecule has 0 aromatic heterocycles. The van der Waals surface area contributed by atoms with Gasteiger partial charge in [-0.15, -0.1) is 0 Å².